The summed E-state index contributed by atoms with van der Waals surface area (Å²) < 4.78 is 5.67. The molecule has 0 radical (unpaired) electrons. The summed E-state index contributed by atoms with van der Waals surface area (Å²) >= 11 is 0. The van der Waals surface area contributed by atoms with E-state index in [1.807, 2.05) is 44.2 Å². The van der Waals surface area contributed by atoms with Crippen molar-refractivity contribution in [3.05, 3.63) is 53.6 Å². The number of carboxylic acid groups (broad SMARTS) is 1. The molecule has 2 aromatic rings. The predicted octanol–water partition coefficient (Wildman–Crippen LogP) is 3.88. The normalized spacial score (nSPS) is 10.2. The monoisotopic (exact) mass is 256 g/mol. The molecule has 0 saturated heterocycles. The van der Waals surface area contributed by atoms with E-state index in [0.717, 1.165) is 16.3 Å². The fraction of sp³-hybridized carbons (Fsp3) is 0.188. The van der Waals surface area contributed by atoms with Gasteiger partial charge in [-0.2, -0.15) is 0 Å². The zero-order chi connectivity index (χ0) is 13.8. The second-order valence-corrected chi connectivity index (χ2v) is 4.56. The van der Waals surface area contributed by atoms with Crippen molar-refractivity contribution < 1.29 is 14.6 Å². The molecule has 3 nitrogen and oxygen atoms in total. The van der Waals surface area contributed by atoms with Crippen molar-refractivity contribution in [1.82, 2.24) is 0 Å². The number of carbonyl (C=O) groups is 1. The van der Waals surface area contributed by atoms with Gasteiger partial charge in [0.05, 0.1) is 0 Å². The number of benzene rings is 2. The van der Waals surface area contributed by atoms with Gasteiger partial charge in [0.1, 0.15) is 17.9 Å². The number of fused-ring (bicyclic) bond motifs is 1. The van der Waals surface area contributed by atoms with Crippen LogP contribution in [0.4, 0.5) is 0 Å². The molecule has 0 aromatic heterocycles. The van der Waals surface area contributed by atoms with Crippen LogP contribution in [-0.2, 0) is 0 Å². The van der Waals surface area contributed by atoms with E-state index < -0.39 is 5.97 Å². The molecule has 0 aliphatic carbocycles. The SMILES string of the molecule is CC(C)=CCOc1c(C(=O)O)ccc2ccccc12. The van der Waals surface area contributed by atoms with E-state index in [9.17, 15) is 9.90 Å². The summed E-state index contributed by atoms with van der Waals surface area (Å²) in [6, 6.07) is 11.0. The Labute approximate surface area is 112 Å². The number of hydrogen-bond acceptors (Lipinski definition) is 2. The van der Waals surface area contributed by atoms with Crippen molar-refractivity contribution in [2.45, 2.75) is 13.8 Å². The summed E-state index contributed by atoms with van der Waals surface area (Å²) in [6.07, 6.45) is 1.92. The van der Waals surface area contributed by atoms with Crippen molar-refractivity contribution >= 4 is 16.7 Å². The third-order valence-corrected chi connectivity index (χ3v) is 2.83. The Hall–Kier alpha value is -2.29. The topological polar surface area (TPSA) is 46.5 Å². The lowest BCUT2D eigenvalue weighted by molar-refractivity contribution is 0.0693. The van der Waals surface area contributed by atoms with Gasteiger partial charge < -0.3 is 9.84 Å². The van der Waals surface area contributed by atoms with Gasteiger partial charge in [-0.15, -0.1) is 0 Å². The molecule has 1 N–H and O–H groups in total. The van der Waals surface area contributed by atoms with Gasteiger partial charge in [-0.05, 0) is 31.4 Å². The predicted molar refractivity (Wildman–Crippen MR) is 75.8 cm³/mol. The molecule has 0 amide bonds. The highest BCUT2D eigenvalue weighted by atomic mass is 16.5. The zero-order valence-corrected chi connectivity index (χ0v) is 11.0. The number of hydrogen-bond donors (Lipinski definition) is 1. The van der Waals surface area contributed by atoms with Crippen LogP contribution in [-0.4, -0.2) is 17.7 Å². The van der Waals surface area contributed by atoms with Crippen LogP contribution in [0.1, 0.15) is 24.2 Å². The molecule has 0 aliphatic heterocycles. The van der Waals surface area contributed by atoms with Gasteiger partial charge in [-0.1, -0.05) is 35.9 Å². The average molecular weight is 256 g/mol. The molecular weight excluding hydrogens is 240 g/mol. The third kappa shape index (κ3) is 2.94. The molecule has 3 heteroatoms. The minimum atomic E-state index is -0.974. The highest BCUT2D eigenvalue weighted by Crippen LogP contribution is 2.30. The Balaban J connectivity index is 2.49. The summed E-state index contributed by atoms with van der Waals surface area (Å²) in [6.45, 7) is 4.33. The van der Waals surface area contributed by atoms with Crippen molar-refractivity contribution in [3.63, 3.8) is 0 Å². The van der Waals surface area contributed by atoms with Crippen LogP contribution >= 0.6 is 0 Å². The summed E-state index contributed by atoms with van der Waals surface area (Å²) in [5, 5.41) is 11.0. The number of rotatable bonds is 4. The maximum absolute atomic E-state index is 11.3. The summed E-state index contributed by atoms with van der Waals surface area (Å²) in [4.78, 5) is 11.3. The summed E-state index contributed by atoms with van der Waals surface area (Å²) in [5.74, 6) is -0.541. The largest absolute Gasteiger partial charge is 0.488 e. The van der Waals surface area contributed by atoms with Crippen LogP contribution in [0.5, 0.6) is 5.75 Å². The van der Waals surface area contributed by atoms with Gasteiger partial charge in [0, 0.05) is 5.39 Å². The Kier molecular flexibility index (Phi) is 3.85. The van der Waals surface area contributed by atoms with Gasteiger partial charge >= 0.3 is 5.97 Å². The second kappa shape index (κ2) is 5.57. The second-order valence-electron chi connectivity index (χ2n) is 4.56. The first-order valence-corrected chi connectivity index (χ1v) is 6.11. The van der Waals surface area contributed by atoms with Gasteiger partial charge in [0.15, 0.2) is 0 Å². The van der Waals surface area contributed by atoms with Crippen LogP contribution in [0, 0.1) is 0 Å². The van der Waals surface area contributed by atoms with Gasteiger partial charge in [0.2, 0.25) is 0 Å². The van der Waals surface area contributed by atoms with Crippen molar-refractivity contribution in [2.24, 2.45) is 0 Å². The minimum Gasteiger partial charge on any atom is -0.488 e. The number of allylic oxidation sites excluding steroid dienone is 1. The van der Waals surface area contributed by atoms with Crippen molar-refractivity contribution in [3.8, 4) is 5.75 Å². The first-order chi connectivity index (χ1) is 9.09. The van der Waals surface area contributed by atoms with Gasteiger partial charge in [0.25, 0.3) is 0 Å². The molecule has 0 atom stereocenters. The highest BCUT2D eigenvalue weighted by Gasteiger charge is 2.14. The van der Waals surface area contributed by atoms with Gasteiger partial charge in [-0.25, -0.2) is 4.79 Å². The Bertz CT molecular complexity index is 637. The van der Waals surface area contributed by atoms with Crippen molar-refractivity contribution in [2.75, 3.05) is 6.61 Å². The lowest BCUT2D eigenvalue weighted by atomic mass is 10.1. The summed E-state index contributed by atoms with van der Waals surface area (Å²) in [7, 11) is 0. The van der Waals surface area contributed by atoms with Crippen LogP contribution in [0.2, 0.25) is 0 Å². The highest BCUT2D eigenvalue weighted by molar-refractivity contribution is 6.00. The number of ether oxygens (including phenoxy) is 1. The maximum Gasteiger partial charge on any atom is 0.339 e. The molecule has 2 aromatic carbocycles. The fourth-order valence-corrected chi connectivity index (χ4v) is 1.86. The number of carboxylic acids is 1. The molecule has 0 unspecified atom stereocenters. The molecule has 0 heterocycles. The first kappa shape index (κ1) is 13.1. The lowest BCUT2D eigenvalue weighted by Crippen LogP contribution is -2.04. The molecule has 0 bridgehead atoms. The van der Waals surface area contributed by atoms with E-state index in [0.29, 0.717) is 12.4 Å². The smallest absolute Gasteiger partial charge is 0.339 e. The first-order valence-electron chi connectivity index (χ1n) is 6.11. The maximum atomic E-state index is 11.3. The molecule has 98 valence electrons. The standard InChI is InChI=1S/C16H16O3/c1-11(2)9-10-19-15-13-6-4-3-5-12(13)7-8-14(15)16(17)18/h3-9H,10H2,1-2H3,(H,17,18). The Morgan fingerprint density at radius 2 is 1.95 bits per heavy atom. The average Bonchev–Trinajstić information content (AvgIpc) is 2.38. The Morgan fingerprint density at radius 1 is 1.21 bits per heavy atom. The third-order valence-electron chi connectivity index (χ3n) is 2.83. The van der Waals surface area contributed by atoms with Crippen molar-refractivity contribution in [1.29, 1.82) is 0 Å². The molecule has 2 rings (SSSR count). The molecule has 0 fully saturated rings. The van der Waals surface area contributed by atoms with E-state index in [-0.39, 0.29) is 5.56 Å². The molecule has 19 heavy (non-hydrogen) atoms. The van der Waals surface area contributed by atoms with E-state index in [4.69, 9.17) is 4.74 Å². The lowest BCUT2D eigenvalue weighted by Gasteiger charge is -2.11. The number of aromatic carboxylic acids is 1. The molecular formula is C16H16O3. The Morgan fingerprint density at radius 3 is 2.63 bits per heavy atom. The fourth-order valence-electron chi connectivity index (χ4n) is 1.86. The van der Waals surface area contributed by atoms with Gasteiger partial charge in [-0.3, -0.25) is 0 Å². The molecule has 0 aliphatic rings. The summed E-state index contributed by atoms with van der Waals surface area (Å²) in [5.41, 5.74) is 1.33. The molecule has 0 spiro atoms. The van der Waals surface area contributed by atoms with Crippen LogP contribution in [0.15, 0.2) is 48.0 Å². The van der Waals surface area contributed by atoms with E-state index >= 15 is 0 Å². The quantitative estimate of drug-likeness (QED) is 0.844. The molecule has 0 saturated carbocycles. The zero-order valence-electron chi connectivity index (χ0n) is 11.0. The minimum absolute atomic E-state index is 0.195. The van der Waals surface area contributed by atoms with E-state index in [1.165, 1.54) is 0 Å². The van der Waals surface area contributed by atoms with Crippen LogP contribution in [0.25, 0.3) is 10.8 Å². The van der Waals surface area contributed by atoms with E-state index in [2.05, 4.69) is 0 Å². The van der Waals surface area contributed by atoms with Crippen LogP contribution in [0.3, 0.4) is 0 Å². The van der Waals surface area contributed by atoms with Crippen LogP contribution < -0.4 is 4.74 Å². The van der Waals surface area contributed by atoms with E-state index in [1.54, 1.807) is 12.1 Å².